The third-order valence-corrected chi connectivity index (χ3v) is 9.76. The van der Waals surface area contributed by atoms with Crippen LogP contribution in [0, 0.1) is 11.8 Å². The standard InChI is InChI=1S/C41H51N7O8/c1-6-13-29(35(49)39(53)45-30(41(55)56)22-26-14-9-7-10-15-26)44-38(52)34-28(27-16-11-8-12-17-27)18-21-48(34)40(54)33(25(4)5)47-37(51)32(24(2)3)46-36(50)31-23-42-19-20-43-31/h7-12,14-17,19-20,23-25,28-30,32-34H,6,13,18,21-22H2,1-5H3,(H,44,52)(H,45,53)(H,46,50)(H,47,51)(H,55,56)/t28-,29?,30+,32+,33+,34+/m1/s1. The summed E-state index contributed by atoms with van der Waals surface area (Å²) >= 11 is 0. The minimum atomic E-state index is -1.39. The van der Waals surface area contributed by atoms with Crippen LogP contribution in [-0.2, 0) is 35.2 Å². The first-order valence-corrected chi connectivity index (χ1v) is 18.9. The molecule has 15 heteroatoms. The summed E-state index contributed by atoms with van der Waals surface area (Å²) in [5.41, 5.74) is 1.44. The van der Waals surface area contributed by atoms with E-state index in [0.717, 1.165) is 5.56 Å². The molecule has 56 heavy (non-hydrogen) atoms. The van der Waals surface area contributed by atoms with Gasteiger partial charge in [-0.25, -0.2) is 9.78 Å². The second kappa shape index (κ2) is 20.1. The fraction of sp³-hybridized carbons (Fsp3) is 0.439. The highest BCUT2D eigenvalue weighted by Crippen LogP contribution is 2.35. The van der Waals surface area contributed by atoms with Crippen molar-refractivity contribution in [3.8, 4) is 0 Å². The normalized spacial score (nSPS) is 17.3. The molecule has 2 heterocycles. The lowest BCUT2D eigenvalue weighted by molar-refractivity contribution is -0.146. The minimum Gasteiger partial charge on any atom is -0.480 e. The van der Waals surface area contributed by atoms with Crippen molar-refractivity contribution < 1.29 is 38.7 Å². The maximum atomic E-state index is 14.5. The van der Waals surface area contributed by atoms with E-state index in [-0.39, 0.29) is 31.0 Å². The first kappa shape index (κ1) is 42.7. The summed E-state index contributed by atoms with van der Waals surface area (Å²) in [6.07, 6.45) is 4.86. The Labute approximate surface area is 326 Å². The van der Waals surface area contributed by atoms with Crippen LogP contribution in [0.25, 0.3) is 0 Å². The first-order valence-electron chi connectivity index (χ1n) is 18.9. The monoisotopic (exact) mass is 769 g/mol. The molecule has 5 amide bonds. The first-order chi connectivity index (χ1) is 26.7. The Balaban J connectivity index is 1.57. The van der Waals surface area contributed by atoms with Gasteiger partial charge in [-0.05, 0) is 35.8 Å². The third kappa shape index (κ3) is 11.0. The number of benzene rings is 2. The van der Waals surface area contributed by atoms with Crippen LogP contribution >= 0.6 is 0 Å². The number of carboxylic acids is 1. The molecule has 5 N–H and O–H groups in total. The van der Waals surface area contributed by atoms with Crippen molar-refractivity contribution in [2.75, 3.05) is 6.54 Å². The predicted octanol–water partition coefficient (Wildman–Crippen LogP) is 2.42. The number of rotatable bonds is 18. The molecular formula is C41H51N7O8. The number of nitrogens with zero attached hydrogens (tertiary/aromatic N) is 3. The van der Waals surface area contributed by atoms with Crippen molar-refractivity contribution in [2.24, 2.45) is 11.8 Å². The van der Waals surface area contributed by atoms with Crippen LogP contribution in [0.15, 0.2) is 79.3 Å². The average molecular weight is 770 g/mol. The van der Waals surface area contributed by atoms with Crippen molar-refractivity contribution in [3.63, 3.8) is 0 Å². The molecule has 0 saturated carbocycles. The van der Waals surface area contributed by atoms with Gasteiger partial charge in [-0.15, -0.1) is 0 Å². The number of likely N-dealkylation sites (tertiary alicyclic amines) is 1. The Hall–Kier alpha value is -5.99. The second-order valence-electron chi connectivity index (χ2n) is 14.6. The molecule has 0 aliphatic carbocycles. The van der Waals surface area contributed by atoms with Gasteiger partial charge in [-0.2, -0.15) is 0 Å². The van der Waals surface area contributed by atoms with Gasteiger partial charge in [0, 0.05) is 31.3 Å². The highest BCUT2D eigenvalue weighted by Gasteiger charge is 2.46. The number of ketones is 1. The lowest BCUT2D eigenvalue weighted by atomic mass is 9.90. The summed E-state index contributed by atoms with van der Waals surface area (Å²) in [6, 6.07) is 11.8. The largest absolute Gasteiger partial charge is 0.480 e. The van der Waals surface area contributed by atoms with Gasteiger partial charge in [0.25, 0.3) is 11.8 Å². The van der Waals surface area contributed by atoms with E-state index in [9.17, 15) is 38.7 Å². The van der Waals surface area contributed by atoms with Gasteiger partial charge in [0.1, 0.15) is 29.9 Å². The van der Waals surface area contributed by atoms with E-state index in [1.54, 1.807) is 65.0 Å². The summed E-state index contributed by atoms with van der Waals surface area (Å²) in [7, 11) is 0. The van der Waals surface area contributed by atoms with Crippen LogP contribution in [0.2, 0.25) is 0 Å². The van der Waals surface area contributed by atoms with Gasteiger partial charge in [0.2, 0.25) is 23.5 Å². The van der Waals surface area contributed by atoms with Crippen molar-refractivity contribution in [1.82, 2.24) is 36.1 Å². The lowest BCUT2D eigenvalue weighted by Crippen LogP contribution is -2.60. The van der Waals surface area contributed by atoms with E-state index in [0.29, 0.717) is 18.4 Å². The molecule has 1 unspecified atom stereocenters. The van der Waals surface area contributed by atoms with Crippen LogP contribution in [0.1, 0.15) is 81.4 Å². The molecule has 298 valence electrons. The average Bonchev–Trinajstić information content (AvgIpc) is 3.64. The Morgan fingerprint density at radius 1 is 0.804 bits per heavy atom. The molecule has 0 bridgehead atoms. The number of Topliss-reactive ketones (excluding diaryl/α,β-unsaturated/α-hetero) is 1. The maximum absolute atomic E-state index is 14.5. The van der Waals surface area contributed by atoms with Crippen molar-refractivity contribution in [3.05, 3.63) is 96.1 Å². The molecule has 1 aliphatic heterocycles. The Kier molecular flexibility index (Phi) is 15.3. The molecule has 1 aliphatic rings. The molecule has 1 fully saturated rings. The van der Waals surface area contributed by atoms with Gasteiger partial charge in [-0.3, -0.25) is 33.8 Å². The number of carboxylic acid groups (broad SMARTS) is 1. The molecule has 0 spiro atoms. The number of carbonyl (C=O) groups is 7. The number of aromatic nitrogens is 2. The number of amides is 5. The Morgan fingerprint density at radius 2 is 1.45 bits per heavy atom. The number of carbonyl (C=O) groups excluding carboxylic acids is 6. The molecular weight excluding hydrogens is 718 g/mol. The molecule has 6 atom stereocenters. The van der Waals surface area contributed by atoms with E-state index in [1.165, 1.54) is 23.5 Å². The number of aliphatic carboxylic acids is 1. The zero-order valence-corrected chi connectivity index (χ0v) is 32.3. The maximum Gasteiger partial charge on any atom is 0.326 e. The van der Waals surface area contributed by atoms with Gasteiger partial charge in [0.15, 0.2) is 0 Å². The summed E-state index contributed by atoms with van der Waals surface area (Å²) in [5.74, 6) is -7.21. The quantitative estimate of drug-likeness (QED) is 0.119. The smallest absolute Gasteiger partial charge is 0.326 e. The Morgan fingerprint density at radius 3 is 2.02 bits per heavy atom. The van der Waals surface area contributed by atoms with E-state index < -0.39 is 83.3 Å². The SMILES string of the molecule is CCCC(NC(=O)[C@@H]1[C@@H](c2ccccc2)CCN1C(=O)[C@@H](NC(=O)[C@@H](NC(=O)c1cnccn1)C(C)C)C(C)C)C(=O)C(=O)N[C@@H](Cc1ccccc1)C(=O)O. The van der Waals surface area contributed by atoms with E-state index in [1.807, 2.05) is 30.3 Å². The Bertz CT molecular complexity index is 1840. The fourth-order valence-corrected chi connectivity index (χ4v) is 6.77. The highest BCUT2D eigenvalue weighted by atomic mass is 16.4. The van der Waals surface area contributed by atoms with Crippen molar-refractivity contribution >= 4 is 41.3 Å². The molecule has 3 aromatic rings. The van der Waals surface area contributed by atoms with Crippen LogP contribution < -0.4 is 21.3 Å². The van der Waals surface area contributed by atoms with Crippen LogP contribution in [0.3, 0.4) is 0 Å². The van der Waals surface area contributed by atoms with Crippen LogP contribution in [0.5, 0.6) is 0 Å². The lowest BCUT2D eigenvalue weighted by Gasteiger charge is -2.34. The van der Waals surface area contributed by atoms with Crippen LogP contribution in [0.4, 0.5) is 0 Å². The van der Waals surface area contributed by atoms with E-state index in [4.69, 9.17) is 0 Å². The molecule has 1 aromatic heterocycles. The van der Waals surface area contributed by atoms with Gasteiger partial charge < -0.3 is 31.3 Å². The van der Waals surface area contributed by atoms with Gasteiger partial charge >= 0.3 is 5.97 Å². The van der Waals surface area contributed by atoms with Crippen LogP contribution in [-0.4, -0.2) is 98.0 Å². The minimum absolute atomic E-state index is 0.0199. The molecule has 0 radical (unpaired) electrons. The summed E-state index contributed by atoms with van der Waals surface area (Å²) in [6.45, 7) is 8.92. The summed E-state index contributed by atoms with van der Waals surface area (Å²) in [4.78, 5) is 104. The van der Waals surface area contributed by atoms with Crippen molar-refractivity contribution in [2.45, 2.75) is 96.4 Å². The molecule has 1 saturated heterocycles. The van der Waals surface area contributed by atoms with Gasteiger partial charge in [-0.1, -0.05) is 102 Å². The summed E-state index contributed by atoms with van der Waals surface area (Å²) < 4.78 is 0. The third-order valence-electron chi connectivity index (χ3n) is 9.76. The topological polar surface area (TPSA) is 217 Å². The van der Waals surface area contributed by atoms with Gasteiger partial charge in [0.05, 0.1) is 12.2 Å². The van der Waals surface area contributed by atoms with E-state index >= 15 is 0 Å². The zero-order valence-electron chi connectivity index (χ0n) is 32.3. The number of hydrogen-bond acceptors (Lipinski definition) is 9. The predicted molar refractivity (Wildman–Crippen MR) is 206 cm³/mol. The number of hydrogen-bond donors (Lipinski definition) is 5. The molecule has 15 nitrogen and oxygen atoms in total. The van der Waals surface area contributed by atoms with Crippen molar-refractivity contribution in [1.29, 1.82) is 0 Å². The second-order valence-corrected chi connectivity index (χ2v) is 14.6. The molecule has 2 aromatic carbocycles. The number of nitrogens with one attached hydrogen (secondary N) is 4. The molecule has 4 rings (SSSR count). The fourth-order valence-electron chi connectivity index (χ4n) is 6.77. The zero-order chi connectivity index (χ0) is 40.9. The highest BCUT2D eigenvalue weighted by molar-refractivity contribution is 6.38. The van der Waals surface area contributed by atoms with E-state index in [2.05, 4.69) is 31.2 Å². The summed E-state index contributed by atoms with van der Waals surface area (Å²) in [5, 5.41) is 20.3.